The van der Waals surface area contributed by atoms with Crippen LogP contribution in [0.4, 0.5) is 0 Å². The highest BCUT2D eigenvalue weighted by Crippen LogP contribution is 2.25. The second kappa shape index (κ2) is 5.64. The van der Waals surface area contributed by atoms with Crippen molar-refractivity contribution in [3.8, 4) is 10.6 Å². The topological polar surface area (TPSA) is 29.6 Å². The Kier molecular flexibility index (Phi) is 3.72. The minimum atomic E-state index is 0.899. The Morgan fingerprint density at radius 1 is 1.11 bits per heavy atom. The smallest absolute Gasteiger partial charge is 0.205 e. The molecule has 0 unspecified atom stereocenters. The fourth-order valence-electron chi connectivity index (χ4n) is 1.64. The van der Waals surface area contributed by atoms with Gasteiger partial charge in [-0.3, -0.25) is 4.99 Å². The first kappa shape index (κ1) is 12.5. The summed E-state index contributed by atoms with van der Waals surface area (Å²) in [4.78, 5) is 7.52. The van der Waals surface area contributed by atoms with Gasteiger partial charge < -0.3 is 0 Å². The Hall–Kier alpha value is -1.50. The zero-order valence-corrected chi connectivity index (χ0v) is 12.6. The monoisotopic (exact) mass is 305 g/mol. The lowest BCUT2D eigenvalue weighted by atomic mass is 10.4. The maximum atomic E-state index is 4.56. The first-order chi connectivity index (χ1) is 9.38. The van der Waals surface area contributed by atoms with Crippen molar-refractivity contribution in [1.82, 2.24) is 4.68 Å². The van der Waals surface area contributed by atoms with Crippen LogP contribution in [-0.4, -0.2) is 17.9 Å². The van der Waals surface area contributed by atoms with Gasteiger partial charge in [0.1, 0.15) is 0 Å². The molecule has 3 rings (SSSR count). The number of hydrogen-bond donors (Lipinski definition) is 0. The summed E-state index contributed by atoms with van der Waals surface area (Å²) in [6.07, 6.45) is 1.88. The largest absolute Gasteiger partial charge is 0.261 e. The van der Waals surface area contributed by atoms with Gasteiger partial charge in [0.2, 0.25) is 4.80 Å². The van der Waals surface area contributed by atoms with Crippen molar-refractivity contribution >= 4 is 40.2 Å². The molecular weight excluding hydrogens is 294 g/mol. The second-order valence-electron chi connectivity index (χ2n) is 3.68. The van der Waals surface area contributed by atoms with Gasteiger partial charge in [-0.05, 0) is 22.9 Å². The number of thiophene rings is 2. The average molecular weight is 305 g/mol. The van der Waals surface area contributed by atoms with E-state index in [1.807, 2.05) is 28.4 Å². The van der Waals surface area contributed by atoms with Crippen molar-refractivity contribution in [2.45, 2.75) is 0 Å². The van der Waals surface area contributed by atoms with E-state index in [1.165, 1.54) is 4.88 Å². The van der Waals surface area contributed by atoms with Gasteiger partial charge >= 0.3 is 0 Å². The molecule has 0 aromatic carbocycles. The van der Waals surface area contributed by atoms with E-state index in [4.69, 9.17) is 0 Å². The number of nitrogens with zero attached hydrogens (tertiary/aromatic N) is 3. The molecule has 0 fully saturated rings. The summed E-state index contributed by atoms with van der Waals surface area (Å²) in [5.41, 5.74) is 1.09. The van der Waals surface area contributed by atoms with E-state index in [9.17, 15) is 0 Å². The molecule has 3 nitrogen and oxygen atoms in total. The molecule has 0 spiro atoms. The standard InChI is InChI=1S/C13H11N3S3/c1-14-13-16(15-8-10-4-2-6-17-10)11(9-19-13)12-5-3-7-18-12/h2-9H,1H3/b14-13?,15-8+. The van der Waals surface area contributed by atoms with E-state index in [-0.39, 0.29) is 0 Å². The Morgan fingerprint density at radius 2 is 1.95 bits per heavy atom. The number of hydrogen-bond acceptors (Lipinski definition) is 5. The van der Waals surface area contributed by atoms with Gasteiger partial charge in [-0.15, -0.1) is 34.0 Å². The van der Waals surface area contributed by atoms with Crippen LogP contribution >= 0.6 is 34.0 Å². The molecule has 96 valence electrons. The molecule has 0 saturated heterocycles. The molecule has 3 heterocycles. The Bertz CT molecular complexity index is 731. The van der Waals surface area contributed by atoms with E-state index in [0.29, 0.717) is 0 Å². The molecule has 19 heavy (non-hydrogen) atoms. The van der Waals surface area contributed by atoms with Crippen molar-refractivity contribution < 1.29 is 0 Å². The van der Waals surface area contributed by atoms with Crippen LogP contribution in [0, 0.1) is 0 Å². The van der Waals surface area contributed by atoms with E-state index in [2.05, 4.69) is 33.0 Å². The Morgan fingerprint density at radius 3 is 2.63 bits per heavy atom. The van der Waals surface area contributed by atoms with Crippen molar-refractivity contribution in [2.75, 3.05) is 7.05 Å². The molecule has 0 aliphatic rings. The average Bonchev–Trinajstić information content (AvgIpc) is 3.16. The highest BCUT2D eigenvalue weighted by molar-refractivity contribution is 7.14. The predicted molar refractivity (Wildman–Crippen MR) is 84.4 cm³/mol. The second-order valence-corrected chi connectivity index (χ2v) is 6.44. The van der Waals surface area contributed by atoms with Crippen molar-refractivity contribution in [2.24, 2.45) is 10.1 Å². The third-order valence-electron chi connectivity index (χ3n) is 2.49. The zero-order valence-electron chi connectivity index (χ0n) is 10.2. The van der Waals surface area contributed by atoms with Crippen molar-refractivity contribution in [3.05, 3.63) is 50.1 Å². The molecule has 0 saturated carbocycles. The molecular formula is C13H11N3S3. The molecule has 0 amide bonds. The van der Waals surface area contributed by atoms with Crippen LogP contribution in [0.25, 0.3) is 10.6 Å². The number of rotatable bonds is 3. The summed E-state index contributed by atoms with van der Waals surface area (Å²) in [7, 11) is 1.79. The van der Waals surface area contributed by atoms with Gasteiger partial charge in [-0.1, -0.05) is 12.1 Å². The van der Waals surface area contributed by atoms with Gasteiger partial charge in [0.05, 0.1) is 16.8 Å². The highest BCUT2D eigenvalue weighted by atomic mass is 32.1. The van der Waals surface area contributed by atoms with Gasteiger partial charge in [0.15, 0.2) is 0 Å². The van der Waals surface area contributed by atoms with Crippen LogP contribution in [0.5, 0.6) is 0 Å². The third-order valence-corrected chi connectivity index (χ3v) is 5.10. The number of aromatic nitrogens is 1. The Balaban J connectivity index is 2.06. The summed E-state index contributed by atoms with van der Waals surface area (Å²) >= 11 is 4.99. The maximum absolute atomic E-state index is 4.56. The molecule has 0 N–H and O–H groups in total. The fourth-order valence-corrected chi connectivity index (χ4v) is 3.81. The van der Waals surface area contributed by atoms with Crippen LogP contribution in [0.15, 0.2) is 50.5 Å². The van der Waals surface area contributed by atoms with Crippen LogP contribution in [0.1, 0.15) is 4.88 Å². The van der Waals surface area contributed by atoms with Crippen LogP contribution < -0.4 is 4.80 Å². The maximum Gasteiger partial charge on any atom is 0.205 e. The summed E-state index contributed by atoms with van der Waals surface area (Å²) in [6, 6.07) is 8.22. The van der Waals surface area contributed by atoms with Gasteiger partial charge in [-0.25, -0.2) is 4.68 Å². The fraction of sp³-hybridized carbons (Fsp3) is 0.0769. The third kappa shape index (κ3) is 2.60. The number of thiazole rings is 1. The molecule has 0 aliphatic carbocycles. The summed E-state index contributed by atoms with van der Waals surface area (Å²) in [6.45, 7) is 0. The minimum Gasteiger partial charge on any atom is -0.261 e. The lowest BCUT2D eigenvalue weighted by Gasteiger charge is -1.99. The Labute approximate surface area is 122 Å². The van der Waals surface area contributed by atoms with Gasteiger partial charge in [-0.2, -0.15) is 5.10 Å². The van der Waals surface area contributed by atoms with Crippen LogP contribution in [0.3, 0.4) is 0 Å². The highest BCUT2D eigenvalue weighted by Gasteiger charge is 2.07. The molecule has 3 aromatic heterocycles. The first-order valence-corrected chi connectivity index (χ1v) is 8.27. The normalized spacial score (nSPS) is 12.6. The SMILES string of the molecule is CN=c1scc(-c2cccs2)n1/N=C/c1cccs1. The van der Waals surface area contributed by atoms with Gasteiger partial charge in [0, 0.05) is 17.3 Å². The van der Waals surface area contributed by atoms with Gasteiger partial charge in [0.25, 0.3) is 0 Å². The lowest BCUT2D eigenvalue weighted by Crippen LogP contribution is -2.11. The van der Waals surface area contributed by atoms with Crippen LogP contribution in [0.2, 0.25) is 0 Å². The zero-order chi connectivity index (χ0) is 13.1. The van der Waals surface area contributed by atoms with Crippen molar-refractivity contribution in [3.63, 3.8) is 0 Å². The summed E-state index contributed by atoms with van der Waals surface area (Å²) in [5, 5.41) is 10.8. The quantitative estimate of drug-likeness (QED) is 0.660. The molecule has 0 aliphatic heterocycles. The first-order valence-electron chi connectivity index (χ1n) is 5.63. The van der Waals surface area contributed by atoms with E-state index < -0.39 is 0 Å². The minimum absolute atomic E-state index is 0.899. The van der Waals surface area contributed by atoms with E-state index >= 15 is 0 Å². The molecule has 0 radical (unpaired) electrons. The molecule has 0 atom stereocenters. The lowest BCUT2D eigenvalue weighted by molar-refractivity contribution is 0.850. The molecule has 3 aromatic rings. The summed E-state index contributed by atoms with van der Waals surface area (Å²) < 4.78 is 1.90. The summed E-state index contributed by atoms with van der Waals surface area (Å²) in [5.74, 6) is 0. The predicted octanol–water partition coefficient (Wildman–Crippen LogP) is 3.75. The molecule has 6 heteroatoms. The van der Waals surface area contributed by atoms with E-state index in [1.54, 1.807) is 41.1 Å². The van der Waals surface area contributed by atoms with Crippen LogP contribution in [-0.2, 0) is 0 Å². The van der Waals surface area contributed by atoms with E-state index in [0.717, 1.165) is 15.4 Å². The van der Waals surface area contributed by atoms with Crippen molar-refractivity contribution in [1.29, 1.82) is 0 Å². The molecule has 0 bridgehead atoms.